The Morgan fingerprint density at radius 2 is 2.11 bits per heavy atom. The summed E-state index contributed by atoms with van der Waals surface area (Å²) < 4.78 is 15.1. The van der Waals surface area contributed by atoms with Gasteiger partial charge in [-0.2, -0.15) is 5.26 Å². The predicted octanol–water partition coefficient (Wildman–Crippen LogP) is 2.76. The third-order valence-corrected chi connectivity index (χ3v) is 3.37. The highest BCUT2D eigenvalue weighted by atomic mass is 19.1. The van der Waals surface area contributed by atoms with Gasteiger partial charge in [0, 0.05) is 5.69 Å². The lowest BCUT2D eigenvalue weighted by Gasteiger charge is -2.14. The molecular weight excluding hydrogens is 229 g/mol. The van der Waals surface area contributed by atoms with Crippen molar-refractivity contribution in [1.82, 2.24) is 9.55 Å². The lowest BCUT2D eigenvalue weighted by atomic mass is 10.0. The molecule has 2 aromatic rings. The lowest BCUT2D eigenvalue weighted by Crippen LogP contribution is -2.08. The molecule has 1 aliphatic carbocycles. The van der Waals surface area contributed by atoms with Crippen LogP contribution in [0.2, 0.25) is 0 Å². The molecule has 3 nitrogen and oxygen atoms in total. The molecule has 90 valence electrons. The van der Waals surface area contributed by atoms with Crippen molar-refractivity contribution in [2.75, 3.05) is 0 Å². The van der Waals surface area contributed by atoms with Crippen LogP contribution in [0, 0.1) is 17.1 Å². The van der Waals surface area contributed by atoms with E-state index in [0.717, 1.165) is 36.3 Å². The molecule has 0 saturated carbocycles. The first-order chi connectivity index (χ1) is 8.79. The fourth-order valence-corrected chi connectivity index (χ4v) is 2.48. The first kappa shape index (κ1) is 11.0. The van der Waals surface area contributed by atoms with E-state index in [0.29, 0.717) is 5.56 Å². The monoisotopic (exact) mass is 241 g/mol. The van der Waals surface area contributed by atoms with E-state index in [1.165, 1.54) is 18.6 Å². The quantitative estimate of drug-likeness (QED) is 0.770. The summed E-state index contributed by atoms with van der Waals surface area (Å²) in [5, 5.41) is 9.10. The van der Waals surface area contributed by atoms with Gasteiger partial charge < -0.3 is 4.57 Å². The summed E-state index contributed by atoms with van der Waals surface area (Å²) in [4.78, 5) is 4.39. The van der Waals surface area contributed by atoms with E-state index in [1.54, 1.807) is 12.4 Å². The highest BCUT2D eigenvalue weighted by Gasteiger charge is 2.17. The van der Waals surface area contributed by atoms with Crippen molar-refractivity contribution in [1.29, 1.82) is 5.26 Å². The van der Waals surface area contributed by atoms with Gasteiger partial charge in [-0.15, -0.1) is 0 Å². The van der Waals surface area contributed by atoms with E-state index in [9.17, 15) is 4.39 Å². The normalized spacial score (nSPS) is 14.0. The zero-order valence-corrected chi connectivity index (χ0v) is 9.86. The zero-order valence-electron chi connectivity index (χ0n) is 9.86. The third-order valence-electron chi connectivity index (χ3n) is 3.37. The van der Waals surface area contributed by atoms with Crippen LogP contribution in [0.5, 0.6) is 0 Å². The molecule has 1 aliphatic rings. The maximum absolute atomic E-state index is 13.1. The van der Waals surface area contributed by atoms with Gasteiger partial charge in [-0.1, -0.05) is 0 Å². The number of halogens is 1. The van der Waals surface area contributed by atoms with Crippen LogP contribution in [0.25, 0.3) is 5.69 Å². The number of hydrogen-bond donors (Lipinski definition) is 0. The minimum Gasteiger partial charge on any atom is -0.302 e. The molecule has 0 aliphatic heterocycles. The van der Waals surface area contributed by atoms with Crippen LogP contribution in [-0.4, -0.2) is 9.55 Å². The summed E-state index contributed by atoms with van der Waals surface area (Å²) in [5.41, 5.74) is 3.33. The molecule has 0 N–H and O–H groups in total. The van der Waals surface area contributed by atoms with Gasteiger partial charge in [-0.3, -0.25) is 0 Å². The highest BCUT2D eigenvalue weighted by molar-refractivity contribution is 5.50. The number of benzene rings is 1. The lowest BCUT2D eigenvalue weighted by molar-refractivity contribution is 0.626. The third kappa shape index (κ3) is 1.68. The molecule has 4 heteroatoms. The molecule has 1 aromatic carbocycles. The molecule has 0 bridgehead atoms. The summed E-state index contributed by atoms with van der Waals surface area (Å²) in [7, 11) is 0. The summed E-state index contributed by atoms with van der Waals surface area (Å²) in [6.07, 6.45) is 6.01. The van der Waals surface area contributed by atoms with E-state index < -0.39 is 0 Å². The maximum Gasteiger partial charge on any atom is 0.124 e. The topological polar surface area (TPSA) is 41.6 Å². The predicted molar refractivity (Wildman–Crippen MR) is 64.9 cm³/mol. The van der Waals surface area contributed by atoms with E-state index in [4.69, 9.17) is 5.26 Å². The second-order valence-electron chi connectivity index (χ2n) is 4.49. The van der Waals surface area contributed by atoms with E-state index in [-0.39, 0.29) is 5.82 Å². The van der Waals surface area contributed by atoms with Crippen LogP contribution >= 0.6 is 0 Å². The molecule has 0 spiro atoms. The number of rotatable bonds is 1. The second-order valence-corrected chi connectivity index (χ2v) is 4.49. The molecule has 0 amide bonds. The maximum atomic E-state index is 13.1. The number of nitriles is 1. The number of fused-ring (bicyclic) bond motifs is 1. The van der Waals surface area contributed by atoms with Crippen LogP contribution in [-0.2, 0) is 12.8 Å². The van der Waals surface area contributed by atoms with Gasteiger partial charge in [0.05, 0.1) is 23.3 Å². The van der Waals surface area contributed by atoms with Crippen molar-refractivity contribution in [3.8, 4) is 11.8 Å². The van der Waals surface area contributed by atoms with Crippen molar-refractivity contribution in [3.63, 3.8) is 0 Å². The Hall–Kier alpha value is -2.15. The number of aryl methyl sites for hydroxylation is 1. The molecule has 0 atom stereocenters. The Morgan fingerprint density at radius 3 is 2.94 bits per heavy atom. The van der Waals surface area contributed by atoms with Crippen LogP contribution < -0.4 is 0 Å². The molecule has 0 fully saturated rings. The summed E-state index contributed by atoms with van der Waals surface area (Å²) in [6, 6.07) is 6.33. The fourth-order valence-electron chi connectivity index (χ4n) is 2.48. The zero-order chi connectivity index (χ0) is 12.5. The van der Waals surface area contributed by atoms with Gasteiger partial charge in [-0.05, 0) is 43.9 Å². The molecule has 1 heterocycles. The van der Waals surface area contributed by atoms with Crippen molar-refractivity contribution < 1.29 is 4.39 Å². The van der Waals surface area contributed by atoms with E-state index in [2.05, 4.69) is 4.98 Å². The highest BCUT2D eigenvalue weighted by Crippen LogP contribution is 2.25. The Morgan fingerprint density at radius 1 is 1.28 bits per heavy atom. The minimum atomic E-state index is -0.385. The Balaban J connectivity index is 2.16. The number of imidazole rings is 1. The van der Waals surface area contributed by atoms with Gasteiger partial charge in [0.2, 0.25) is 0 Å². The molecule has 0 unspecified atom stereocenters. The average molecular weight is 241 g/mol. The summed E-state index contributed by atoms with van der Waals surface area (Å²) >= 11 is 0. The SMILES string of the molecule is N#Cc1cc(F)ccc1-n1cnc2c1CCCC2. The van der Waals surface area contributed by atoms with Gasteiger partial charge in [-0.25, -0.2) is 9.37 Å². The van der Waals surface area contributed by atoms with E-state index in [1.807, 2.05) is 10.6 Å². The van der Waals surface area contributed by atoms with Crippen LogP contribution in [0.4, 0.5) is 4.39 Å². The molecule has 0 saturated heterocycles. The van der Waals surface area contributed by atoms with Gasteiger partial charge in [0.15, 0.2) is 0 Å². The Kier molecular flexibility index (Phi) is 2.60. The number of hydrogen-bond acceptors (Lipinski definition) is 2. The molecule has 3 rings (SSSR count). The van der Waals surface area contributed by atoms with E-state index >= 15 is 0 Å². The second kappa shape index (κ2) is 4.26. The van der Waals surface area contributed by atoms with Gasteiger partial charge in [0.1, 0.15) is 11.9 Å². The summed E-state index contributed by atoms with van der Waals surface area (Å²) in [5.74, 6) is -0.385. The number of nitrogens with zero attached hydrogens (tertiary/aromatic N) is 3. The van der Waals surface area contributed by atoms with Crippen LogP contribution in [0.3, 0.4) is 0 Å². The Labute approximate surface area is 105 Å². The molecule has 18 heavy (non-hydrogen) atoms. The smallest absolute Gasteiger partial charge is 0.124 e. The molecule has 1 aromatic heterocycles. The minimum absolute atomic E-state index is 0.348. The van der Waals surface area contributed by atoms with Crippen molar-refractivity contribution in [2.45, 2.75) is 25.7 Å². The van der Waals surface area contributed by atoms with Crippen LogP contribution in [0.1, 0.15) is 29.8 Å². The van der Waals surface area contributed by atoms with Crippen molar-refractivity contribution in [2.24, 2.45) is 0 Å². The van der Waals surface area contributed by atoms with Gasteiger partial charge >= 0.3 is 0 Å². The molecular formula is C14H12FN3. The Bertz CT molecular complexity index is 637. The van der Waals surface area contributed by atoms with Crippen molar-refractivity contribution >= 4 is 0 Å². The number of aromatic nitrogens is 2. The van der Waals surface area contributed by atoms with Crippen LogP contribution in [0.15, 0.2) is 24.5 Å². The van der Waals surface area contributed by atoms with Crippen molar-refractivity contribution in [3.05, 3.63) is 47.3 Å². The first-order valence-electron chi connectivity index (χ1n) is 6.04. The molecule has 0 radical (unpaired) electrons. The largest absolute Gasteiger partial charge is 0.302 e. The average Bonchev–Trinajstić information content (AvgIpc) is 2.82. The fraction of sp³-hybridized carbons (Fsp3) is 0.286. The van der Waals surface area contributed by atoms with Gasteiger partial charge in [0.25, 0.3) is 0 Å². The summed E-state index contributed by atoms with van der Waals surface area (Å²) in [6.45, 7) is 0. The first-order valence-corrected chi connectivity index (χ1v) is 6.04. The standard InChI is InChI=1S/C14H12FN3/c15-11-5-6-13(10(7-11)8-16)18-9-17-12-3-1-2-4-14(12)18/h5-7,9H,1-4H2.